The van der Waals surface area contributed by atoms with Gasteiger partial charge in [-0.15, -0.1) is 0 Å². The van der Waals surface area contributed by atoms with Crippen molar-refractivity contribution in [2.24, 2.45) is 0 Å². The first-order chi connectivity index (χ1) is 8.84. The topological polar surface area (TPSA) is 35.5 Å². The molecule has 3 heteroatoms. The van der Waals surface area contributed by atoms with Crippen molar-refractivity contribution in [2.45, 2.75) is 25.6 Å². The van der Waals surface area contributed by atoms with Crippen LogP contribution in [0, 0.1) is 0 Å². The first-order valence-electron chi connectivity index (χ1n) is 6.34. The zero-order valence-electron chi connectivity index (χ0n) is 10.4. The van der Waals surface area contributed by atoms with Gasteiger partial charge in [-0.3, -0.25) is 4.79 Å². The van der Waals surface area contributed by atoms with E-state index in [0.717, 1.165) is 25.2 Å². The number of hydrogen-bond acceptors (Lipinski definition) is 3. The summed E-state index contributed by atoms with van der Waals surface area (Å²) in [4.78, 5) is 11.7. The average Bonchev–Trinajstić information content (AvgIpc) is 2.45. The summed E-state index contributed by atoms with van der Waals surface area (Å²) in [5.74, 6) is 0.108. The zero-order chi connectivity index (χ0) is 12.6. The van der Waals surface area contributed by atoms with Gasteiger partial charge in [0, 0.05) is 12.8 Å². The van der Waals surface area contributed by atoms with Crippen LogP contribution >= 0.6 is 0 Å². The molecular weight excluding hydrogens is 228 g/mol. The van der Waals surface area contributed by atoms with Crippen LogP contribution in [0.15, 0.2) is 36.4 Å². The monoisotopic (exact) mass is 246 g/mol. The SMILES string of the molecule is O=C(/C=C/c1ccccc1)CCC1OCCCO1. The molecule has 1 saturated heterocycles. The number of ether oxygens (including phenoxy) is 2. The van der Waals surface area contributed by atoms with Gasteiger partial charge in [0.15, 0.2) is 12.1 Å². The number of benzene rings is 1. The van der Waals surface area contributed by atoms with Gasteiger partial charge in [-0.25, -0.2) is 0 Å². The molecule has 0 amide bonds. The van der Waals surface area contributed by atoms with Gasteiger partial charge in [0.2, 0.25) is 0 Å². The molecule has 2 rings (SSSR count). The molecule has 18 heavy (non-hydrogen) atoms. The number of ketones is 1. The molecule has 0 N–H and O–H groups in total. The lowest BCUT2D eigenvalue weighted by atomic mass is 10.1. The fourth-order valence-electron chi connectivity index (χ4n) is 1.80. The van der Waals surface area contributed by atoms with Crippen LogP contribution in [-0.4, -0.2) is 25.3 Å². The molecule has 0 saturated carbocycles. The molecule has 0 radical (unpaired) electrons. The Morgan fingerprint density at radius 2 is 1.94 bits per heavy atom. The number of rotatable bonds is 5. The molecule has 3 nitrogen and oxygen atoms in total. The molecule has 0 aliphatic carbocycles. The molecule has 96 valence electrons. The number of hydrogen-bond donors (Lipinski definition) is 0. The minimum atomic E-state index is -0.201. The lowest BCUT2D eigenvalue weighted by molar-refractivity contribution is -0.181. The van der Waals surface area contributed by atoms with Crippen LogP contribution in [0.5, 0.6) is 0 Å². The van der Waals surface area contributed by atoms with Crippen molar-refractivity contribution in [1.29, 1.82) is 0 Å². The van der Waals surface area contributed by atoms with Crippen molar-refractivity contribution in [3.8, 4) is 0 Å². The Morgan fingerprint density at radius 1 is 1.22 bits per heavy atom. The lowest BCUT2D eigenvalue weighted by Crippen LogP contribution is -2.25. The molecular formula is C15H18O3. The van der Waals surface area contributed by atoms with E-state index in [1.54, 1.807) is 6.08 Å². The van der Waals surface area contributed by atoms with Crippen LogP contribution in [0.2, 0.25) is 0 Å². The van der Waals surface area contributed by atoms with E-state index in [4.69, 9.17) is 9.47 Å². The maximum atomic E-state index is 11.7. The predicted octanol–water partition coefficient (Wildman–Crippen LogP) is 2.81. The first kappa shape index (κ1) is 13.0. The standard InChI is InChI=1S/C15H18O3/c16-14(8-7-13-5-2-1-3-6-13)9-10-15-17-11-4-12-18-15/h1-3,5-8,15H,4,9-12H2/b8-7+. The summed E-state index contributed by atoms with van der Waals surface area (Å²) in [7, 11) is 0. The minimum Gasteiger partial charge on any atom is -0.353 e. The number of allylic oxidation sites excluding steroid dienone is 1. The van der Waals surface area contributed by atoms with E-state index >= 15 is 0 Å². The van der Waals surface area contributed by atoms with Crippen molar-refractivity contribution < 1.29 is 14.3 Å². The van der Waals surface area contributed by atoms with Gasteiger partial charge in [-0.2, -0.15) is 0 Å². The van der Waals surface area contributed by atoms with Crippen molar-refractivity contribution >= 4 is 11.9 Å². The maximum absolute atomic E-state index is 11.7. The highest BCUT2D eigenvalue weighted by atomic mass is 16.7. The second kappa shape index (κ2) is 7.09. The van der Waals surface area contributed by atoms with E-state index in [0.29, 0.717) is 12.8 Å². The van der Waals surface area contributed by atoms with Gasteiger partial charge in [-0.1, -0.05) is 36.4 Å². The summed E-state index contributed by atoms with van der Waals surface area (Å²) in [5.41, 5.74) is 1.04. The fraction of sp³-hybridized carbons (Fsp3) is 0.400. The third-order valence-electron chi connectivity index (χ3n) is 2.78. The van der Waals surface area contributed by atoms with Gasteiger partial charge in [0.25, 0.3) is 0 Å². The van der Waals surface area contributed by atoms with Crippen LogP contribution in [0.25, 0.3) is 6.08 Å². The zero-order valence-corrected chi connectivity index (χ0v) is 10.4. The molecule has 0 aromatic heterocycles. The predicted molar refractivity (Wildman–Crippen MR) is 70.0 cm³/mol. The molecule has 0 spiro atoms. The highest BCUT2D eigenvalue weighted by Crippen LogP contribution is 2.11. The van der Waals surface area contributed by atoms with E-state index in [1.807, 2.05) is 36.4 Å². The van der Waals surface area contributed by atoms with E-state index in [1.165, 1.54) is 0 Å². The molecule has 0 bridgehead atoms. The molecule has 1 heterocycles. The van der Waals surface area contributed by atoms with E-state index in [9.17, 15) is 4.79 Å². The molecule has 1 aliphatic rings. The highest BCUT2D eigenvalue weighted by molar-refractivity contribution is 5.93. The second-order valence-corrected chi connectivity index (χ2v) is 4.27. The van der Waals surface area contributed by atoms with Crippen LogP contribution in [0.4, 0.5) is 0 Å². The lowest BCUT2D eigenvalue weighted by Gasteiger charge is -2.22. The normalized spacial score (nSPS) is 17.1. The summed E-state index contributed by atoms with van der Waals surface area (Å²) < 4.78 is 10.8. The Balaban J connectivity index is 1.73. The van der Waals surface area contributed by atoms with Crippen LogP contribution in [0.3, 0.4) is 0 Å². The van der Waals surface area contributed by atoms with Gasteiger partial charge in [0.05, 0.1) is 13.2 Å². The average molecular weight is 246 g/mol. The quantitative estimate of drug-likeness (QED) is 0.749. The van der Waals surface area contributed by atoms with Crippen LogP contribution in [0.1, 0.15) is 24.8 Å². The molecule has 1 aromatic rings. The van der Waals surface area contributed by atoms with Gasteiger partial charge in [-0.05, 0) is 18.1 Å². The van der Waals surface area contributed by atoms with Crippen molar-refractivity contribution in [2.75, 3.05) is 13.2 Å². The summed E-state index contributed by atoms with van der Waals surface area (Å²) in [5, 5.41) is 0. The summed E-state index contributed by atoms with van der Waals surface area (Å²) in [6, 6.07) is 9.80. The van der Waals surface area contributed by atoms with Crippen LogP contribution < -0.4 is 0 Å². The molecule has 1 aliphatic heterocycles. The van der Waals surface area contributed by atoms with Crippen molar-refractivity contribution in [3.63, 3.8) is 0 Å². The number of carbonyl (C=O) groups is 1. The van der Waals surface area contributed by atoms with Crippen molar-refractivity contribution in [1.82, 2.24) is 0 Å². The summed E-state index contributed by atoms with van der Waals surface area (Å²) in [6.45, 7) is 1.47. The largest absolute Gasteiger partial charge is 0.353 e. The third kappa shape index (κ3) is 4.43. The Morgan fingerprint density at radius 3 is 2.67 bits per heavy atom. The second-order valence-electron chi connectivity index (χ2n) is 4.27. The van der Waals surface area contributed by atoms with Gasteiger partial charge in [0.1, 0.15) is 0 Å². The Hall–Kier alpha value is -1.45. The highest BCUT2D eigenvalue weighted by Gasteiger charge is 2.14. The van der Waals surface area contributed by atoms with E-state index < -0.39 is 0 Å². The minimum absolute atomic E-state index is 0.108. The molecule has 1 aromatic carbocycles. The maximum Gasteiger partial charge on any atom is 0.158 e. The summed E-state index contributed by atoms with van der Waals surface area (Å²) >= 11 is 0. The molecule has 0 unspecified atom stereocenters. The number of carbonyl (C=O) groups excluding carboxylic acids is 1. The Bertz CT molecular complexity index is 391. The van der Waals surface area contributed by atoms with Gasteiger partial charge < -0.3 is 9.47 Å². The van der Waals surface area contributed by atoms with E-state index in [2.05, 4.69) is 0 Å². The molecule has 1 fully saturated rings. The Kier molecular flexibility index (Phi) is 5.12. The molecule has 0 atom stereocenters. The summed E-state index contributed by atoms with van der Waals surface area (Å²) in [6.07, 6.45) is 5.31. The fourth-order valence-corrected chi connectivity index (χ4v) is 1.80. The third-order valence-corrected chi connectivity index (χ3v) is 2.78. The smallest absolute Gasteiger partial charge is 0.158 e. The van der Waals surface area contributed by atoms with E-state index in [-0.39, 0.29) is 12.1 Å². The Labute approximate surface area is 107 Å². The van der Waals surface area contributed by atoms with Gasteiger partial charge >= 0.3 is 0 Å². The van der Waals surface area contributed by atoms with Crippen molar-refractivity contribution in [3.05, 3.63) is 42.0 Å². The first-order valence-corrected chi connectivity index (χ1v) is 6.34. The van der Waals surface area contributed by atoms with Crippen LogP contribution in [-0.2, 0) is 14.3 Å².